The number of aliphatic hydroxyl groups excluding tert-OH is 1. The lowest BCUT2D eigenvalue weighted by Gasteiger charge is -2.38. The smallest absolute Gasteiger partial charge is 0.314 e. The summed E-state index contributed by atoms with van der Waals surface area (Å²) in [5.74, 6) is 0. The Bertz CT molecular complexity index is 248. The molecule has 0 aromatic rings. The minimum absolute atomic E-state index is 0. The fourth-order valence-corrected chi connectivity index (χ4v) is 14.8. The molecule has 0 radical (unpaired) electrons. The predicted octanol–water partition coefficient (Wildman–Crippen LogP) is 6.73. The van der Waals surface area contributed by atoms with Gasteiger partial charge < -0.3 is 18.1 Å². The maximum atomic E-state index is 8.66. The molecule has 0 aliphatic rings. The fraction of sp³-hybridized carbons (Fsp3) is 1.00. The molecule has 162 valence electrons. The van der Waals surface area contributed by atoms with Gasteiger partial charge >= 0.3 is 8.56 Å². The first kappa shape index (κ1) is 40.2. The van der Waals surface area contributed by atoms with Crippen LogP contribution in [0.2, 0.25) is 51.9 Å². The molecule has 0 saturated heterocycles. The Morgan fingerprint density at radius 2 is 1.04 bits per heavy atom. The predicted molar refractivity (Wildman–Crippen MR) is 126 cm³/mol. The molecular formula is C18H54O4Si3. The summed E-state index contributed by atoms with van der Waals surface area (Å²) in [5.41, 5.74) is 0. The Labute approximate surface area is 165 Å². The van der Waals surface area contributed by atoms with Gasteiger partial charge in [-0.05, 0) is 64.7 Å². The van der Waals surface area contributed by atoms with Crippen LogP contribution in [-0.4, -0.2) is 50.1 Å². The van der Waals surface area contributed by atoms with E-state index < -0.39 is 25.2 Å². The van der Waals surface area contributed by atoms with Gasteiger partial charge in [0, 0.05) is 6.61 Å². The number of rotatable bonds is 11. The molecule has 0 fully saturated rings. The minimum atomic E-state index is -2.07. The van der Waals surface area contributed by atoms with Gasteiger partial charge in [0.1, 0.15) is 0 Å². The summed E-state index contributed by atoms with van der Waals surface area (Å²) in [6.07, 6.45) is 2.08. The van der Waals surface area contributed by atoms with Crippen LogP contribution in [0.3, 0.4) is 0 Å². The van der Waals surface area contributed by atoms with Gasteiger partial charge in [-0.1, -0.05) is 37.1 Å². The lowest BCUT2D eigenvalue weighted by molar-refractivity contribution is 0.0902. The van der Waals surface area contributed by atoms with E-state index in [4.69, 9.17) is 18.1 Å². The number of unbranched alkanes of at least 4 members (excludes halogenated alkanes) is 1. The van der Waals surface area contributed by atoms with E-state index in [1.54, 1.807) is 0 Å². The van der Waals surface area contributed by atoms with Crippen molar-refractivity contribution >= 4 is 25.2 Å². The second-order valence-electron chi connectivity index (χ2n) is 7.36. The Balaban J connectivity index is -0.000000180. The van der Waals surface area contributed by atoms with E-state index >= 15 is 0 Å². The molecule has 0 heterocycles. The Kier molecular flexibility index (Phi) is 28.8. The van der Waals surface area contributed by atoms with Gasteiger partial charge in [0.15, 0.2) is 16.6 Å². The molecular weight excluding hydrogens is 364 g/mol. The molecule has 0 amide bonds. The molecule has 0 aromatic heterocycles. The first-order valence-corrected chi connectivity index (χ1v) is 16.9. The van der Waals surface area contributed by atoms with Crippen LogP contribution in [-0.2, 0) is 13.0 Å². The van der Waals surface area contributed by atoms with E-state index in [-0.39, 0.29) is 43.7 Å². The van der Waals surface area contributed by atoms with Crippen LogP contribution in [0, 0.1) is 0 Å². The molecule has 0 rings (SSSR count). The van der Waals surface area contributed by atoms with Gasteiger partial charge in [-0.15, -0.1) is 0 Å². The van der Waals surface area contributed by atoms with Crippen LogP contribution in [0.15, 0.2) is 0 Å². The highest BCUT2D eigenvalue weighted by atomic mass is 28.5. The fourth-order valence-electron chi connectivity index (χ4n) is 2.24. The second-order valence-corrected chi connectivity index (χ2v) is 20.2. The number of hydrogen-bond donors (Lipinski definition) is 1. The second kappa shape index (κ2) is 17.9. The SMILES string of the molecule is C.C.C.C.C.C[Si](C)(C)O[Si](C)(CCCCOCCO)O[Si](C)(C)C. The van der Waals surface area contributed by atoms with Gasteiger partial charge in [0.2, 0.25) is 0 Å². The van der Waals surface area contributed by atoms with Crippen LogP contribution in [0.25, 0.3) is 0 Å². The van der Waals surface area contributed by atoms with Crippen molar-refractivity contribution in [3.63, 3.8) is 0 Å². The van der Waals surface area contributed by atoms with Crippen LogP contribution in [0.5, 0.6) is 0 Å². The zero-order valence-corrected chi connectivity index (χ0v) is 17.4. The molecule has 0 aliphatic heterocycles. The maximum Gasteiger partial charge on any atom is 0.314 e. The standard InChI is InChI=1S/C13H34O4Si3.5CH4/c1-18(2,3)16-20(7,17-19(4,5)6)13-9-8-11-15-12-10-14;;;;;/h14H,8-13H2,1-7H3;5*1H4. The summed E-state index contributed by atoms with van der Waals surface area (Å²) in [6, 6.07) is 1.03. The molecule has 0 bridgehead atoms. The molecule has 0 unspecified atom stereocenters. The van der Waals surface area contributed by atoms with E-state index in [0.29, 0.717) is 13.2 Å². The van der Waals surface area contributed by atoms with Gasteiger partial charge in [0.05, 0.1) is 13.2 Å². The van der Waals surface area contributed by atoms with Crippen molar-refractivity contribution in [1.29, 1.82) is 0 Å². The van der Waals surface area contributed by atoms with Crippen molar-refractivity contribution < 1.29 is 18.1 Å². The molecule has 0 spiro atoms. The van der Waals surface area contributed by atoms with Crippen LogP contribution in [0.1, 0.15) is 50.0 Å². The van der Waals surface area contributed by atoms with Crippen LogP contribution < -0.4 is 0 Å². The van der Waals surface area contributed by atoms with Crippen molar-refractivity contribution in [1.82, 2.24) is 0 Å². The van der Waals surface area contributed by atoms with Crippen molar-refractivity contribution in [2.75, 3.05) is 19.8 Å². The third-order valence-corrected chi connectivity index (χ3v) is 12.1. The van der Waals surface area contributed by atoms with Gasteiger partial charge in [-0.25, -0.2) is 0 Å². The first-order valence-electron chi connectivity index (χ1n) is 7.56. The normalized spacial score (nSPS) is 11.0. The average molecular weight is 419 g/mol. The Morgan fingerprint density at radius 1 is 0.640 bits per heavy atom. The molecule has 0 saturated carbocycles. The van der Waals surface area contributed by atoms with Crippen molar-refractivity contribution in [3.05, 3.63) is 0 Å². The van der Waals surface area contributed by atoms with Gasteiger partial charge in [0.25, 0.3) is 0 Å². The van der Waals surface area contributed by atoms with E-state index in [9.17, 15) is 0 Å². The zero-order valence-electron chi connectivity index (χ0n) is 14.4. The molecule has 25 heavy (non-hydrogen) atoms. The van der Waals surface area contributed by atoms with E-state index in [1.165, 1.54) is 0 Å². The van der Waals surface area contributed by atoms with E-state index in [1.807, 2.05) is 0 Å². The maximum absolute atomic E-state index is 8.66. The number of ether oxygens (including phenoxy) is 1. The monoisotopic (exact) mass is 418 g/mol. The lowest BCUT2D eigenvalue weighted by atomic mass is 10.4. The molecule has 4 nitrogen and oxygen atoms in total. The molecule has 0 aromatic carbocycles. The first-order chi connectivity index (χ1) is 8.97. The quantitative estimate of drug-likeness (QED) is 0.298. The highest BCUT2D eigenvalue weighted by Crippen LogP contribution is 2.25. The summed E-state index contributed by atoms with van der Waals surface area (Å²) in [4.78, 5) is 0. The summed E-state index contributed by atoms with van der Waals surface area (Å²) in [5, 5.41) is 8.66. The zero-order chi connectivity index (χ0) is 15.9. The Hall–Kier alpha value is 0.491. The van der Waals surface area contributed by atoms with Crippen molar-refractivity contribution in [2.45, 2.75) is 102 Å². The van der Waals surface area contributed by atoms with Crippen LogP contribution >= 0.6 is 0 Å². The molecule has 1 N–H and O–H groups in total. The largest absolute Gasteiger partial charge is 0.437 e. The number of hydrogen-bond acceptors (Lipinski definition) is 4. The highest BCUT2D eigenvalue weighted by Gasteiger charge is 2.39. The summed E-state index contributed by atoms with van der Waals surface area (Å²) in [7, 11) is -5.23. The summed E-state index contributed by atoms with van der Waals surface area (Å²) in [6.45, 7) is 16.9. The van der Waals surface area contributed by atoms with Crippen LogP contribution in [0.4, 0.5) is 0 Å². The van der Waals surface area contributed by atoms with Gasteiger partial charge in [-0.2, -0.15) is 0 Å². The topological polar surface area (TPSA) is 47.9 Å². The molecule has 0 aliphatic carbocycles. The Morgan fingerprint density at radius 3 is 1.36 bits per heavy atom. The highest BCUT2D eigenvalue weighted by molar-refractivity contribution is 6.87. The summed E-state index contributed by atoms with van der Waals surface area (Å²) >= 11 is 0. The van der Waals surface area contributed by atoms with E-state index in [2.05, 4.69) is 45.8 Å². The molecule has 7 heteroatoms. The average Bonchev–Trinajstić information content (AvgIpc) is 2.17. The third-order valence-electron chi connectivity index (χ3n) is 2.45. The minimum Gasteiger partial charge on any atom is -0.437 e. The van der Waals surface area contributed by atoms with E-state index in [0.717, 1.165) is 18.9 Å². The van der Waals surface area contributed by atoms with Gasteiger partial charge in [-0.3, -0.25) is 0 Å². The molecule has 0 atom stereocenters. The van der Waals surface area contributed by atoms with Crippen molar-refractivity contribution in [3.8, 4) is 0 Å². The third kappa shape index (κ3) is 26.8. The van der Waals surface area contributed by atoms with Crippen molar-refractivity contribution in [2.24, 2.45) is 0 Å². The summed E-state index contributed by atoms with van der Waals surface area (Å²) < 4.78 is 18.2. The lowest BCUT2D eigenvalue weighted by Crippen LogP contribution is -2.52. The number of aliphatic hydroxyl groups is 1.